The van der Waals surface area contributed by atoms with E-state index in [0.717, 1.165) is 26.1 Å². The quantitative estimate of drug-likeness (QED) is 0.357. The maximum absolute atomic E-state index is 13.5. The van der Waals surface area contributed by atoms with Crippen molar-refractivity contribution >= 4 is 46.5 Å². The van der Waals surface area contributed by atoms with E-state index >= 15 is 0 Å². The van der Waals surface area contributed by atoms with Gasteiger partial charge in [0.1, 0.15) is 11.9 Å². The highest BCUT2D eigenvalue weighted by atomic mass is 32.1. The SMILES string of the molecule is CCOC(=O)c1ccc(NC(=O)CC2C(=O)N(c3ccc(F)cc3)C(=S)N2CCCN2CCCCC2)cc1. The molecule has 1 atom stereocenters. The molecule has 0 spiro atoms. The van der Waals surface area contributed by atoms with E-state index in [0.29, 0.717) is 28.6 Å². The molecular formula is C28H33FN4O4S. The molecule has 2 aliphatic heterocycles. The summed E-state index contributed by atoms with van der Waals surface area (Å²) < 4.78 is 18.5. The molecule has 4 rings (SSSR count). The Hall–Kier alpha value is -3.37. The fourth-order valence-electron chi connectivity index (χ4n) is 4.85. The minimum atomic E-state index is -0.771. The lowest BCUT2D eigenvalue weighted by Gasteiger charge is -2.28. The number of nitrogens with one attached hydrogen (secondary N) is 1. The van der Waals surface area contributed by atoms with Crippen molar-refractivity contribution < 1.29 is 23.5 Å². The molecule has 1 N–H and O–H groups in total. The third-order valence-corrected chi connectivity index (χ3v) is 7.20. The number of nitrogens with zero attached hydrogens (tertiary/aromatic N) is 3. The van der Waals surface area contributed by atoms with Gasteiger partial charge in [-0.1, -0.05) is 6.42 Å². The lowest BCUT2D eigenvalue weighted by molar-refractivity contribution is -0.124. The van der Waals surface area contributed by atoms with Crippen molar-refractivity contribution in [3.63, 3.8) is 0 Å². The van der Waals surface area contributed by atoms with Crippen LogP contribution in [-0.4, -0.2) is 71.5 Å². The molecule has 38 heavy (non-hydrogen) atoms. The Morgan fingerprint density at radius 1 is 1.03 bits per heavy atom. The molecular weight excluding hydrogens is 507 g/mol. The average Bonchev–Trinajstić information content (AvgIpc) is 3.14. The smallest absolute Gasteiger partial charge is 0.338 e. The van der Waals surface area contributed by atoms with Crippen LogP contribution in [0.3, 0.4) is 0 Å². The lowest BCUT2D eigenvalue weighted by Crippen LogP contribution is -2.40. The molecule has 8 nitrogen and oxygen atoms in total. The van der Waals surface area contributed by atoms with Gasteiger partial charge in [-0.05, 0) is 107 Å². The van der Waals surface area contributed by atoms with Crippen LogP contribution in [0.4, 0.5) is 15.8 Å². The molecule has 2 aromatic rings. The van der Waals surface area contributed by atoms with Crippen molar-refractivity contribution in [1.29, 1.82) is 0 Å². The monoisotopic (exact) mass is 540 g/mol. The Labute approximate surface area is 227 Å². The topological polar surface area (TPSA) is 82.2 Å². The predicted octanol–water partition coefficient (Wildman–Crippen LogP) is 4.21. The van der Waals surface area contributed by atoms with Gasteiger partial charge in [0.05, 0.1) is 24.3 Å². The molecule has 2 fully saturated rings. The van der Waals surface area contributed by atoms with Crippen molar-refractivity contribution in [3.8, 4) is 0 Å². The molecule has 0 radical (unpaired) electrons. The number of rotatable bonds is 10. The number of esters is 1. The highest BCUT2D eigenvalue weighted by Gasteiger charge is 2.43. The third kappa shape index (κ3) is 6.73. The van der Waals surface area contributed by atoms with E-state index in [1.165, 1.54) is 48.4 Å². The van der Waals surface area contributed by atoms with Gasteiger partial charge in [-0.25, -0.2) is 9.18 Å². The van der Waals surface area contributed by atoms with Crippen LogP contribution in [0, 0.1) is 5.82 Å². The van der Waals surface area contributed by atoms with Crippen molar-refractivity contribution in [2.75, 3.05) is 43.0 Å². The minimum absolute atomic E-state index is 0.0972. The second-order valence-corrected chi connectivity index (χ2v) is 9.81. The number of halogens is 1. The standard InChI is InChI=1S/C28H33FN4O4S/c1-2-37-27(36)20-7-11-22(12-8-20)30-25(34)19-24-26(35)33(23-13-9-21(29)10-14-23)28(38)32(24)18-6-17-31-15-4-3-5-16-31/h7-14,24H,2-6,15-19H2,1H3,(H,30,34). The van der Waals surface area contributed by atoms with Gasteiger partial charge in [0.25, 0.3) is 5.91 Å². The molecule has 202 valence electrons. The highest BCUT2D eigenvalue weighted by Crippen LogP contribution is 2.28. The molecule has 1 unspecified atom stereocenters. The van der Waals surface area contributed by atoms with E-state index in [2.05, 4.69) is 10.2 Å². The van der Waals surface area contributed by atoms with Crippen LogP contribution >= 0.6 is 12.2 Å². The summed E-state index contributed by atoms with van der Waals surface area (Å²) >= 11 is 5.69. The minimum Gasteiger partial charge on any atom is -0.462 e. The fraction of sp³-hybridized carbons (Fsp3) is 0.429. The Morgan fingerprint density at radius 3 is 2.37 bits per heavy atom. The number of thiocarbonyl (C=S) groups is 1. The molecule has 0 aliphatic carbocycles. The molecule has 0 aromatic heterocycles. The number of carbonyl (C=O) groups is 3. The first-order chi connectivity index (χ1) is 18.4. The summed E-state index contributed by atoms with van der Waals surface area (Å²) in [6.07, 6.45) is 4.36. The number of likely N-dealkylation sites (tertiary alicyclic amines) is 1. The number of ether oxygens (including phenoxy) is 1. The number of benzene rings is 2. The van der Waals surface area contributed by atoms with Gasteiger partial charge in [0.2, 0.25) is 5.91 Å². The summed E-state index contributed by atoms with van der Waals surface area (Å²) in [4.78, 5) is 44.0. The first-order valence-corrected chi connectivity index (χ1v) is 13.5. The number of carbonyl (C=O) groups excluding carboxylic acids is 3. The summed E-state index contributed by atoms with van der Waals surface area (Å²) in [5.74, 6) is -1.50. The normalized spacial score (nSPS) is 18.1. The summed E-state index contributed by atoms with van der Waals surface area (Å²) in [6.45, 7) is 5.59. The lowest BCUT2D eigenvalue weighted by atomic mass is 10.1. The third-order valence-electron chi connectivity index (χ3n) is 6.78. The molecule has 2 amide bonds. The van der Waals surface area contributed by atoms with Crippen LogP contribution in [0.2, 0.25) is 0 Å². The van der Waals surface area contributed by atoms with Crippen LogP contribution in [0.5, 0.6) is 0 Å². The first-order valence-electron chi connectivity index (χ1n) is 13.1. The molecule has 10 heteroatoms. The summed E-state index contributed by atoms with van der Waals surface area (Å²) in [5, 5.41) is 3.12. The number of anilines is 2. The number of piperidine rings is 1. The summed E-state index contributed by atoms with van der Waals surface area (Å²) in [7, 11) is 0. The van der Waals surface area contributed by atoms with Crippen LogP contribution < -0.4 is 10.2 Å². The van der Waals surface area contributed by atoms with Gasteiger partial charge in [-0.3, -0.25) is 14.5 Å². The van der Waals surface area contributed by atoms with Crippen LogP contribution in [0.15, 0.2) is 48.5 Å². The molecule has 2 aliphatic rings. The van der Waals surface area contributed by atoms with E-state index in [9.17, 15) is 18.8 Å². The van der Waals surface area contributed by atoms with Gasteiger partial charge in [-0.15, -0.1) is 0 Å². The van der Waals surface area contributed by atoms with Crippen molar-refractivity contribution in [2.45, 2.75) is 45.1 Å². The van der Waals surface area contributed by atoms with Crippen LogP contribution in [-0.2, 0) is 14.3 Å². The Bertz CT molecular complexity index is 1150. The average molecular weight is 541 g/mol. The predicted molar refractivity (Wildman–Crippen MR) is 148 cm³/mol. The second kappa shape index (κ2) is 12.9. The van der Waals surface area contributed by atoms with Crippen molar-refractivity contribution in [1.82, 2.24) is 9.80 Å². The zero-order chi connectivity index (χ0) is 27.1. The molecule has 0 saturated carbocycles. The maximum Gasteiger partial charge on any atom is 0.338 e. The first kappa shape index (κ1) is 27.7. The van der Waals surface area contributed by atoms with Gasteiger partial charge in [0, 0.05) is 12.2 Å². The highest BCUT2D eigenvalue weighted by molar-refractivity contribution is 7.80. The largest absolute Gasteiger partial charge is 0.462 e. The fourth-order valence-corrected chi connectivity index (χ4v) is 5.27. The van der Waals surface area contributed by atoms with Gasteiger partial charge in [0.15, 0.2) is 5.11 Å². The van der Waals surface area contributed by atoms with E-state index in [-0.39, 0.29) is 24.8 Å². The van der Waals surface area contributed by atoms with Crippen LogP contribution in [0.1, 0.15) is 49.4 Å². The number of amides is 2. The molecule has 2 heterocycles. The summed E-state index contributed by atoms with van der Waals surface area (Å²) in [6, 6.07) is 11.2. The maximum atomic E-state index is 13.5. The Kier molecular flexibility index (Phi) is 9.41. The molecule has 2 saturated heterocycles. The van der Waals surface area contributed by atoms with E-state index in [4.69, 9.17) is 17.0 Å². The van der Waals surface area contributed by atoms with Crippen LogP contribution in [0.25, 0.3) is 0 Å². The van der Waals surface area contributed by atoms with Gasteiger partial charge >= 0.3 is 5.97 Å². The zero-order valence-corrected chi connectivity index (χ0v) is 22.3. The second-order valence-electron chi connectivity index (χ2n) is 9.45. The van der Waals surface area contributed by atoms with Gasteiger partial charge in [-0.2, -0.15) is 0 Å². The summed E-state index contributed by atoms with van der Waals surface area (Å²) in [5.41, 5.74) is 1.36. The van der Waals surface area contributed by atoms with E-state index in [1.807, 2.05) is 4.90 Å². The number of hydrogen-bond acceptors (Lipinski definition) is 6. The van der Waals surface area contributed by atoms with Crippen molar-refractivity contribution in [2.24, 2.45) is 0 Å². The van der Waals surface area contributed by atoms with E-state index < -0.39 is 17.8 Å². The Morgan fingerprint density at radius 2 is 1.71 bits per heavy atom. The molecule has 2 aromatic carbocycles. The Balaban J connectivity index is 1.45. The van der Waals surface area contributed by atoms with E-state index in [1.54, 1.807) is 31.2 Å². The molecule has 0 bridgehead atoms. The van der Waals surface area contributed by atoms with Crippen molar-refractivity contribution in [3.05, 3.63) is 59.9 Å². The number of hydrogen-bond donors (Lipinski definition) is 1. The zero-order valence-electron chi connectivity index (χ0n) is 21.5. The van der Waals surface area contributed by atoms with Gasteiger partial charge < -0.3 is 19.9 Å².